The Morgan fingerprint density at radius 3 is 1.23 bits per heavy atom. The molecule has 0 aliphatic carbocycles. The van der Waals surface area contributed by atoms with Gasteiger partial charge in [-0.2, -0.15) is 0 Å². The summed E-state index contributed by atoms with van der Waals surface area (Å²) < 4.78 is 28.2. The van der Waals surface area contributed by atoms with E-state index in [0.29, 0.717) is 18.6 Å². The molecule has 2 fully saturated rings. The summed E-state index contributed by atoms with van der Waals surface area (Å²) in [6, 6.07) is 0. The fourth-order valence-corrected chi connectivity index (χ4v) is 8.47. The van der Waals surface area contributed by atoms with E-state index in [4.69, 9.17) is 9.05 Å². The Morgan fingerprint density at radius 2 is 0.875 bits per heavy atom. The van der Waals surface area contributed by atoms with E-state index in [1.807, 2.05) is 0 Å². The monoisotopic (exact) mass is 585 g/mol. The van der Waals surface area contributed by atoms with E-state index in [1.165, 1.54) is 141 Å². The van der Waals surface area contributed by atoms with Crippen LogP contribution < -0.4 is 0 Å². The standard InChI is InChI=1S/C34H69N2O3P/c1-4-6-8-10-12-14-16-18-20-22-24-30-38-40(37,36-32-34(33-36)26-28-35(3)29-27-34)39-31-25-23-21-19-17-15-13-11-9-7-5-2/h4-33H2,1-3H3. The second kappa shape index (κ2) is 22.6. The van der Waals surface area contributed by atoms with Gasteiger partial charge in [-0.15, -0.1) is 0 Å². The third kappa shape index (κ3) is 15.5. The molecule has 0 bridgehead atoms. The minimum atomic E-state index is -3.17. The Morgan fingerprint density at radius 1 is 0.550 bits per heavy atom. The van der Waals surface area contributed by atoms with Crippen LogP contribution in [0.5, 0.6) is 0 Å². The van der Waals surface area contributed by atoms with Crippen LogP contribution in [0.2, 0.25) is 0 Å². The van der Waals surface area contributed by atoms with E-state index >= 15 is 0 Å². The van der Waals surface area contributed by atoms with Crippen molar-refractivity contribution in [3.8, 4) is 0 Å². The average molecular weight is 585 g/mol. The highest BCUT2D eigenvalue weighted by Gasteiger charge is 2.52. The highest BCUT2D eigenvalue weighted by molar-refractivity contribution is 7.51. The van der Waals surface area contributed by atoms with Gasteiger partial charge < -0.3 is 4.90 Å². The van der Waals surface area contributed by atoms with Crippen LogP contribution in [-0.2, 0) is 13.6 Å². The quantitative estimate of drug-likeness (QED) is 0.0709. The predicted octanol–water partition coefficient (Wildman–Crippen LogP) is 10.8. The maximum atomic E-state index is 13.9. The molecule has 40 heavy (non-hydrogen) atoms. The van der Waals surface area contributed by atoms with Gasteiger partial charge in [-0.1, -0.05) is 142 Å². The molecule has 0 atom stereocenters. The van der Waals surface area contributed by atoms with Crippen LogP contribution >= 0.6 is 7.75 Å². The molecule has 0 unspecified atom stereocenters. The second-order valence-corrected chi connectivity index (χ2v) is 15.4. The summed E-state index contributed by atoms with van der Waals surface area (Å²) in [7, 11) is -0.962. The van der Waals surface area contributed by atoms with Crippen LogP contribution in [0.4, 0.5) is 0 Å². The van der Waals surface area contributed by atoms with Crippen molar-refractivity contribution in [2.45, 2.75) is 168 Å². The number of rotatable bonds is 27. The van der Waals surface area contributed by atoms with Crippen LogP contribution in [0, 0.1) is 5.41 Å². The normalized spacial score (nSPS) is 18.0. The lowest BCUT2D eigenvalue weighted by molar-refractivity contribution is -0.0164. The van der Waals surface area contributed by atoms with E-state index in [-0.39, 0.29) is 0 Å². The Bertz CT molecular complexity index is 599. The van der Waals surface area contributed by atoms with Gasteiger partial charge in [0.25, 0.3) is 0 Å². The molecular formula is C34H69N2O3P. The molecule has 6 heteroatoms. The third-order valence-electron chi connectivity index (χ3n) is 9.43. The molecule has 1 spiro atoms. The van der Waals surface area contributed by atoms with Gasteiger partial charge in [0.15, 0.2) is 0 Å². The molecule has 0 aromatic heterocycles. The number of unbranched alkanes of at least 4 members (excludes halogenated alkanes) is 20. The summed E-state index contributed by atoms with van der Waals surface area (Å²) in [5, 5.41) is 0. The first kappa shape index (κ1) is 36.3. The van der Waals surface area contributed by atoms with Crippen LogP contribution in [0.3, 0.4) is 0 Å². The van der Waals surface area contributed by atoms with Crippen molar-refractivity contribution in [1.82, 2.24) is 9.57 Å². The van der Waals surface area contributed by atoms with E-state index < -0.39 is 7.75 Å². The van der Waals surface area contributed by atoms with Crippen molar-refractivity contribution >= 4 is 7.75 Å². The highest BCUT2D eigenvalue weighted by Crippen LogP contribution is 2.60. The maximum Gasteiger partial charge on any atom is 0.408 e. The van der Waals surface area contributed by atoms with E-state index in [2.05, 4.69) is 30.5 Å². The zero-order valence-electron chi connectivity index (χ0n) is 27.3. The van der Waals surface area contributed by atoms with E-state index in [9.17, 15) is 4.57 Å². The first-order valence-electron chi connectivity index (χ1n) is 17.9. The van der Waals surface area contributed by atoms with Crippen LogP contribution in [0.1, 0.15) is 168 Å². The molecule has 2 heterocycles. The van der Waals surface area contributed by atoms with Gasteiger partial charge >= 0.3 is 7.75 Å². The summed E-state index contributed by atoms with van der Waals surface area (Å²) in [6.45, 7) is 9.77. The predicted molar refractivity (Wildman–Crippen MR) is 173 cm³/mol. The van der Waals surface area contributed by atoms with Crippen LogP contribution in [0.15, 0.2) is 0 Å². The van der Waals surface area contributed by atoms with Gasteiger partial charge in [-0.25, -0.2) is 9.24 Å². The molecule has 0 aromatic carbocycles. The van der Waals surface area contributed by atoms with Gasteiger partial charge in [0.2, 0.25) is 0 Å². The molecule has 2 aliphatic rings. The van der Waals surface area contributed by atoms with Crippen molar-refractivity contribution in [1.29, 1.82) is 0 Å². The zero-order chi connectivity index (χ0) is 28.8. The minimum Gasteiger partial charge on any atom is -0.306 e. The van der Waals surface area contributed by atoms with Gasteiger partial charge in [0, 0.05) is 13.1 Å². The Kier molecular flexibility index (Phi) is 20.5. The minimum absolute atomic E-state index is 0.335. The lowest BCUT2D eigenvalue weighted by atomic mass is 9.73. The molecule has 0 aromatic rings. The number of nitrogens with zero attached hydrogens (tertiary/aromatic N) is 2. The summed E-state index contributed by atoms with van der Waals surface area (Å²) in [5.41, 5.74) is 0.335. The zero-order valence-corrected chi connectivity index (χ0v) is 28.2. The van der Waals surface area contributed by atoms with Crippen molar-refractivity contribution in [2.75, 3.05) is 46.4 Å². The smallest absolute Gasteiger partial charge is 0.306 e. The molecular weight excluding hydrogens is 515 g/mol. The first-order chi connectivity index (χ1) is 19.5. The number of hydrogen-bond donors (Lipinski definition) is 0. The molecule has 0 saturated carbocycles. The fraction of sp³-hybridized carbons (Fsp3) is 1.00. The van der Waals surface area contributed by atoms with E-state index in [1.54, 1.807) is 0 Å². The summed E-state index contributed by atoms with van der Waals surface area (Å²) in [6.07, 6.45) is 31.3. The topological polar surface area (TPSA) is 42.0 Å². The lowest BCUT2D eigenvalue weighted by Gasteiger charge is -2.54. The number of hydrogen-bond acceptors (Lipinski definition) is 4. The number of piperidine rings is 1. The molecule has 5 nitrogen and oxygen atoms in total. The molecule has 0 amide bonds. The Hall–Kier alpha value is 0.0700. The summed E-state index contributed by atoms with van der Waals surface area (Å²) in [4.78, 5) is 2.42. The fourth-order valence-electron chi connectivity index (χ4n) is 6.40. The van der Waals surface area contributed by atoms with Crippen molar-refractivity contribution < 1.29 is 13.6 Å². The van der Waals surface area contributed by atoms with E-state index in [0.717, 1.165) is 39.0 Å². The van der Waals surface area contributed by atoms with Gasteiger partial charge in [0.05, 0.1) is 13.2 Å². The van der Waals surface area contributed by atoms with Crippen LogP contribution in [0.25, 0.3) is 0 Å². The maximum absolute atomic E-state index is 13.9. The molecule has 0 radical (unpaired) electrons. The van der Waals surface area contributed by atoms with Crippen molar-refractivity contribution in [2.24, 2.45) is 5.41 Å². The Labute approximate surface area is 250 Å². The Balaban J connectivity index is 1.59. The average Bonchev–Trinajstić information content (AvgIpc) is 2.93. The summed E-state index contributed by atoms with van der Waals surface area (Å²) in [5.74, 6) is 0. The van der Waals surface area contributed by atoms with Gasteiger partial charge in [-0.3, -0.25) is 9.05 Å². The van der Waals surface area contributed by atoms with Gasteiger partial charge in [-0.05, 0) is 51.2 Å². The molecule has 0 N–H and O–H groups in total. The SMILES string of the molecule is CCCCCCCCCCCCCOP(=O)(OCCCCCCCCCCCCC)N1CC2(CCN(C)CC2)C1. The van der Waals surface area contributed by atoms with Crippen LogP contribution in [-0.4, -0.2) is 56.0 Å². The van der Waals surface area contributed by atoms with Gasteiger partial charge in [0.1, 0.15) is 0 Å². The van der Waals surface area contributed by atoms with Crippen molar-refractivity contribution in [3.05, 3.63) is 0 Å². The molecule has 238 valence electrons. The van der Waals surface area contributed by atoms with Crippen molar-refractivity contribution in [3.63, 3.8) is 0 Å². The molecule has 2 rings (SSSR count). The molecule has 2 saturated heterocycles. The third-order valence-corrected chi connectivity index (χ3v) is 11.4. The first-order valence-corrected chi connectivity index (χ1v) is 19.4. The highest BCUT2D eigenvalue weighted by atomic mass is 31.2. The number of likely N-dealkylation sites (tertiary alicyclic amines) is 1. The second-order valence-electron chi connectivity index (χ2n) is 13.3. The lowest BCUT2D eigenvalue weighted by Crippen LogP contribution is -2.58. The summed E-state index contributed by atoms with van der Waals surface area (Å²) >= 11 is 0. The largest absolute Gasteiger partial charge is 0.408 e. The molecule has 2 aliphatic heterocycles.